The Morgan fingerprint density at radius 2 is 1.65 bits per heavy atom. The molecule has 3 fully saturated rings. The molecule has 0 aromatic heterocycles. The maximum absolute atomic E-state index is 9.32. The molecular weight excluding hydrogens is 278 g/mol. The van der Waals surface area contributed by atoms with Crippen molar-refractivity contribution in [1.82, 2.24) is 5.01 Å². The number of hydrazine groups is 1. The molecule has 0 N–H and O–H groups in total. The number of nitrogens with zero attached hydrogens (tertiary/aromatic N) is 3. The van der Waals surface area contributed by atoms with E-state index in [2.05, 4.69) is 39.3 Å². The average Bonchev–Trinajstić information content (AvgIpc) is 2.40. The maximum atomic E-state index is 9.32. The van der Waals surface area contributed by atoms with Gasteiger partial charge in [-0.2, -0.15) is 5.26 Å². The number of hydrogen-bond donors (Lipinski definition) is 0. The van der Waals surface area contributed by atoms with Gasteiger partial charge < -0.3 is 0 Å². The molecule has 1 saturated carbocycles. The third kappa shape index (κ3) is 1.79. The van der Waals surface area contributed by atoms with E-state index in [4.69, 9.17) is 0 Å². The molecule has 0 spiro atoms. The van der Waals surface area contributed by atoms with E-state index in [-0.39, 0.29) is 0 Å². The summed E-state index contributed by atoms with van der Waals surface area (Å²) in [5, 5.41) is 13.4. The molecule has 3 aliphatic rings. The molecule has 0 amide bonds. The molecule has 2 saturated heterocycles. The molecule has 4 rings (SSSR count). The van der Waals surface area contributed by atoms with E-state index in [1.807, 2.05) is 17.1 Å². The molecule has 1 aromatic carbocycles. The van der Waals surface area contributed by atoms with E-state index in [1.165, 1.54) is 12.8 Å². The Kier molecular flexibility index (Phi) is 2.71. The Morgan fingerprint density at radius 1 is 1.06 bits per heavy atom. The number of anilines is 1. The fourth-order valence-corrected chi connectivity index (χ4v) is 3.22. The second kappa shape index (κ2) is 4.23. The summed E-state index contributed by atoms with van der Waals surface area (Å²) in [6.07, 6.45) is 7.08. The van der Waals surface area contributed by atoms with Crippen LogP contribution in [0.25, 0.3) is 0 Å². The lowest BCUT2D eigenvalue weighted by molar-refractivity contribution is 0.110. The van der Waals surface area contributed by atoms with Gasteiger partial charge in [0, 0.05) is 4.47 Å². The van der Waals surface area contributed by atoms with E-state index in [0.29, 0.717) is 12.1 Å². The Labute approximate surface area is 110 Å². The first-order valence-electron chi connectivity index (χ1n) is 6.03. The summed E-state index contributed by atoms with van der Waals surface area (Å²) < 4.78 is 1.08. The van der Waals surface area contributed by atoms with Crippen LogP contribution < -0.4 is 5.01 Å². The number of benzene rings is 1. The van der Waals surface area contributed by atoms with Crippen LogP contribution in [-0.2, 0) is 0 Å². The lowest BCUT2D eigenvalue weighted by Crippen LogP contribution is -2.59. The van der Waals surface area contributed by atoms with Gasteiger partial charge >= 0.3 is 0 Å². The molecular formula is C13H14BrN3. The highest BCUT2D eigenvalue weighted by atomic mass is 79.9. The van der Waals surface area contributed by atoms with Gasteiger partial charge in [0.1, 0.15) is 0 Å². The fourth-order valence-electron chi connectivity index (χ4n) is 2.96. The summed E-state index contributed by atoms with van der Waals surface area (Å²) in [4.78, 5) is 0. The lowest BCUT2D eigenvalue weighted by atomic mass is 9.87. The van der Waals surface area contributed by atoms with Crippen LogP contribution in [0.2, 0.25) is 0 Å². The van der Waals surface area contributed by atoms with Crippen LogP contribution in [0.3, 0.4) is 0 Å². The van der Waals surface area contributed by atoms with Crippen molar-refractivity contribution in [3.05, 3.63) is 28.7 Å². The smallest absolute Gasteiger partial charge is 0.200 e. The van der Waals surface area contributed by atoms with Crippen molar-refractivity contribution in [1.29, 1.82) is 5.26 Å². The maximum Gasteiger partial charge on any atom is 0.200 e. The Hall–Kier alpha value is -1.21. The van der Waals surface area contributed by atoms with Gasteiger partial charge in [-0.05, 0) is 49.9 Å². The second-order valence-electron chi connectivity index (χ2n) is 4.73. The number of fused-ring (bicyclic) bond motifs is 3. The van der Waals surface area contributed by atoms with Crippen LogP contribution in [0.1, 0.15) is 25.7 Å². The standard InChI is InChI=1S/C13H14BrN3/c14-10-1-3-12(4-2-10)17-13-7-5-11(6-8-13)16(17)9-15/h1-4,11,13H,5-8H2. The average molecular weight is 292 g/mol. The second-order valence-corrected chi connectivity index (χ2v) is 5.64. The largest absolute Gasteiger partial charge is 0.273 e. The summed E-state index contributed by atoms with van der Waals surface area (Å²) >= 11 is 3.45. The van der Waals surface area contributed by atoms with E-state index < -0.39 is 0 Å². The summed E-state index contributed by atoms with van der Waals surface area (Å²) in [5.74, 6) is 0. The molecule has 1 aliphatic carbocycles. The van der Waals surface area contributed by atoms with Crippen LogP contribution in [0.5, 0.6) is 0 Å². The summed E-state index contributed by atoms with van der Waals surface area (Å²) in [6.45, 7) is 0. The molecule has 17 heavy (non-hydrogen) atoms. The van der Waals surface area contributed by atoms with Crippen molar-refractivity contribution in [3.8, 4) is 6.19 Å². The molecule has 0 radical (unpaired) electrons. The highest BCUT2D eigenvalue weighted by Crippen LogP contribution is 2.38. The molecule has 0 unspecified atom stereocenters. The highest BCUT2D eigenvalue weighted by molar-refractivity contribution is 9.10. The van der Waals surface area contributed by atoms with Crippen LogP contribution in [0.15, 0.2) is 28.7 Å². The van der Waals surface area contributed by atoms with E-state index in [9.17, 15) is 5.26 Å². The van der Waals surface area contributed by atoms with Crippen LogP contribution in [0.4, 0.5) is 5.69 Å². The van der Waals surface area contributed by atoms with Gasteiger partial charge in [0.2, 0.25) is 0 Å². The minimum atomic E-state index is 0.411. The van der Waals surface area contributed by atoms with Crippen molar-refractivity contribution in [3.63, 3.8) is 0 Å². The summed E-state index contributed by atoms with van der Waals surface area (Å²) in [5.41, 5.74) is 1.13. The minimum Gasteiger partial charge on any atom is -0.273 e. The van der Waals surface area contributed by atoms with E-state index >= 15 is 0 Å². The van der Waals surface area contributed by atoms with E-state index in [1.54, 1.807) is 0 Å². The number of nitriles is 1. The molecule has 4 heteroatoms. The van der Waals surface area contributed by atoms with Crippen LogP contribution >= 0.6 is 15.9 Å². The van der Waals surface area contributed by atoms with E-state index in [0.717, 1.165) is 23.0 Å². The third-order valence-electron chi connectivity index (χ3n) is 3.78. The zero-order chi connectivity index (χ0) is 11.8. The Balaban J connectivity index is 1.95. The molecule has 2 bridgehead atoms. The number of hydrogen-bond acceptors (Lipinski definition) is 3. The van der Waals surface area contributed by atoms with Gasteiger partial charge in [-0.3, -0.25) is 5.01 Å². The van der Waals surface area contributed by atoms with Crippen molar-refractivity contribution in [2.45, 2.75) is 37.8 Å². The van der Waals surface area contributed by atoms with Crippen LogP contribution in [0, 0.1) is 11.5 Å². The zero-order valence-corrected chi connectivity index (χ0v) is 11.1. The van der Waals surface area contributed by atoms with Crippen molar-refractivity contribution in [2.24, 2.45) is 0 Å². The summed E-state index contributed by atoms with van der Waals surface area (Å²) in [7, 11) is 0. The van der Waals surface area contributed by atoms with Gasteiger partial charge in [0.25, 0.3) is 0 Å². The lowest BCUT2D eigenvalue weighted by Gasteiger charge is -2.51. The fraction of sp³-hybridized carbons (Fsp3) is 0.462. The first-order valence-corrected chi connectivity index (χ1v) is 6.82. The summed E-state index contributed by atoms with van der Waals surface area (Å²) in [6, 6.07) is 9.14. The third-order valence-corrected chi connectivity index (χ3v) is 4.31. The SMILES string of the molecule is N#CN1C2CCC(CC2)N1c1ccc(Br)cc1. The predicted molar refractivity (Wildman–Crippen MR) is 70.1 cm³/mol. The zero-order valence-electron chi connectivity index (χ0n) is 9.51. The molecule has 0 atom stereocenters. The van der Waals surface area contributed by atoms with Gasteiger partial charge in [0.15, 0.2) is 6.19 Å². The normalized spacial score (nSPS) is 27.1. The van der Waals surface area contributed by atoms with Gasteiger partial charge in [-0.1, -0.05) is 15.9 Å². The molecule has 3 nitrogen and oxygen atoms in total. The Bertz CT molecular complexity index is 443. The molecule has 2 heterocycles. The monoisotopic (exact) mass is 291 g/mol. The van der Waals surface area contributed by atoms with Crippen LogP contribution in [-0.4, -0.2) is 17.1 Å². The molecule has 88 valence electrons. The van der Waals surface area contributed by atoms with Gasteiger partial charge in [0.05, 0.1) is 17.8 Å². The molecule has 1 aromatic rings. The topological polar surface area (TPSA) is 30.3 Å². The highest BCUT2D eigenvalue weighted by Gasteiger charge is 2.40. The molecule has 2 aliphatic heterocycles. The first kappa shape index (κ1) is 10.9. The van der Waals surface area contributed by atoms with Gasteiger partial charge in [-0.15, -0.1) is 0 Å². The van der Waals surface area contributed by atoms with Crippen molar-refractivity contribution >= 4 is 21.6 Å². The van der Waals surface area contributed by atoms with Gasteiger partial charge in [-0.25, -0.2) is 5.01 Å². The number of halogens is 1. The van der Waals surface area contributed by atoms with Crippen molar-refractivity contribution in [2.75, 3.05) is 5.01 Å². The first-order chi connectivity index (χ1) is 8.29. The quantitative estimate of drug-likeness (QED) is 0.744. The Morgan fingerprint density at radius 3 is 2.24 bits per heavy atom. The number of rotatable bonds is 1. The van der Waals surface area contributed by atoms with Crippen molar-refractivity contribution < 1.29 is 0 Å². The minimum absolute atomic E-state index is 0.411. The predicted octanol–water partition coefficient (Wildman–Crippen LogP) is 3.28.